The quantitative estimate of drug-likeness (QED) is 0.262. The summed E-state index contributed by atoms with van der Waals surface area (Å²) >= 11 is 1.40. The number of nitrogens with one attached hydrogen (secondary N) is 1. The predicted molar refractivity (Wildman–Crippen MR) is 114 cm³/mol. The molecular formula is C20H16N6O4S. The zero-order valence-electron chi connectivity index (χ0n) is 16.1. The number of aromatic nitrogens is 4. The zero-order valence-corrected chi connectivity index (χ0v) is 16.9. The van der Waals surface area contributed by atoms with Crippen LogP contribution >= 0.6 is 11.9 Å². The Kier molecular flexibility index (Phi) is 5.00. The van der Waals surface area contributed by atoms with Crippen molar-refractivity contribution in [3.8, 4) is 11.5 Å². The van der Waals surface area contributed by atoms with Gasteiger partial charge in [-0.2, -0.15) is 0 Å². The van der Waals surface area contributed by atoms with Crippen molar-refractivity contribution >= 4 is 34.6 Å². The highest BCUT2D eigenvalue weighted by Crippen LogP contribution is 2.36. The van der Waals surface area contributed by atoms with E-state index < -0.39 is 4.92 Å². The van der Waals surface area contributed by atoms with E-state index in [9.17, 15) is 10.1 Å². The number of hydrogen-bond donors (Lipinski definition) is 1. The van der Waals surface area contributed by atoms with Gasteiger partial charge in [0, 0.05) is 23.6 Å². The maximum Gasteiger partial charge on any atom is 0.269 e. The Morgan fingerprint density at radius 1 is 1.10 bits per heavy atom. The topological polar surface area (TPSA) is 117 Å². The number of nitro benzene ring substituents is 1. The van der Waals surface area contributed by atoms with Gasteiger partial charge in [-0.25, -0.2) is 15.0 Å². The van der Waals surface area contributed by atoms with Crippen LogP contribution in [0.1, 0.15) is 5.56 Å². The largest absolute Gasteiger partial charge is 0.454 e. The van der Waals surface area contributed by atoms with E-state index in [2.05, 4.69) is 19.7 Å². The van der Waals surface area contributed by atoms with Gasteiger partial charge in [0.05, 0.1) is 11.3 Å². The van der Waals surface area contributed by atoms with Crippen LogP contribution in [0.2, 0.25) is 0 Å². The lowest BCUT2D eigenvalue weighted by molar-refractivity contribution is -0.384. The second-order valence-corrected chi connectivity index (χ2v) is 7.60. The van der Waals surface area contributed by atoms with Gasteiger partial charge in [-0.3, -0.25) is 10.1 Å². The average molecular weight is 436 g/mol. The van der Waals surface area contributed by atoms with Crippen LogP contribution in [-0.4, -0.2) is 31.2 Å². The smallest absolute Gasteiger partial charge is 0.269 e. The van der Waals surface area contributed by atoms with Gasteiger partial charge in [0.2, 0.25) is 6.79 Å². The number of imidazole rings is 1. The molecule has 2 aromatic heterocycles. The fourth-order valence-electron chi connectivity index (χ4n) is 3.20. The summed E-state index contributed by atoms with van der Waals surface area (Å²) in [4.78, 5) is 24.5. The summed E-state index contributed by atoms with van der Waals surface area (Å²) in [6.07, 6.45) is 3.91. The molecule has 1 aliphatic rings. The van der Waals surface area contributed by atoms with Gasteiger partial charge in [0.1, 0.15) is 6.33 Å². The Balaban J connectivity index is 1.28. The molecule has 0 amide bonds. The lowest BCUT2D eigenvalue weighted by Crippen LogP contribution is -2.02. The van der Waals surface area contributed by atoms with Gasteiger partial charge in [0.15, 0.2) is 28.5 Å². The first-order valence-corrected chi connectivity index (χ1v) is 10.2. The van der Waals surface area contributed by atoms with Crippen molar-refractivity contribution in [3.63, 3.8) is 0 Å². The molecule has 31 heavy (non-hydrogen) atoms. The summed E-state index contributed by atoms with van der Waals surface area (Å²) in [5.74, 6) is 2.07. The second-order valence-electron chi connectivity index (χ2n) is 6.73. The van der Waals surface area contributed by atoms with Gasteiger partial charge in [0.25, 0.3) is 5.69 Å². The van der Waals surface area contributed by atoms with Crippen LogP contribution in [0.25, 0.3) is 11.2 Å². The first-order chi connectivity index (χ1) is 15.2. The maximum atomic E-state index is 10.8. The van der Waals surface area contributed by atoms with Gasteiger partial charge >= 0.3 is 0 Å². The van der Waals surface area contributed by atoms with E-state index in [-0.39, 0.29) is 12.5 Å². The van der Waals surface area contributed by atoms with Crippen LogP contribution in [0.15, 0.2) is 60.0 Å². The molecule has 4 aromatic rings. The Morgan fingerprint density at radius 3 is 2.77 bits per heavy atom. The number of nitro groups is 1. The van der Waals surface area contributed by atoms with E-state index in [1.165, 1.54) is 30.4 Å². The van der Waals surface area contributed by atoms with Crippen LogP contribution in [0.3, 0.4) is 0 Å². The number of aryl methyl sites for hydroxylation is 2. The Hall–Kier alpha value is -3.86. The molecule has 5 rings (SSSR count). The molecule has 0 aliphatic carbocycles. The molecule has 0 unspecified atom stereocenters. The van der Waals surface area contributed by atoms with Gasteiger partial charge < -0.3 is 18.8 Å². The number of nitrogens with zero attached hydrogens (tertiary/aromatic N) is 5. The summed E-state index contributed by atoms with van der Waals surface area (Å²) in [6, 6.07) is 12.3. The fraction of sp³-hybridized carbons (Fsp3) is 0.150. The molecule has 0 atom stereocenters. The van der Waals surface area contributed by atoms with E-state index in [0.717, 1.165) is 22.0 Å². The molecule has 1 aliphatic heterocycles. The van der Waals surface area contributed by atoms with Crippen molar-refractivity contribution in [2.45, 2.75) is 17.9 Å². The molecule has 0 radical (unpaired) electrons. The molecule has 0 spiro atoms. The molecule has 0 saturated carbocycles. The number of anilines is 1. The lowest BCUT2D eigenvalue weighted by atomic mass is 10.1. The fourth-order valence-corrected chi connectivity index (χ4v) is 3.87. The number of fused-ring (bicyclic) bond motifs is 2. The number of hydrogen-bond acceptors (Lipinski definition) is 9. The van der Waals surface area contributed by atoms with Crippen molar-refractivity contribution in [1.29, 1.82) is 0 Å². The first kappa shape index (κ1) is 19.1. The molecule has 156 valence electrons. The summed E-state index contributed by atoms with van der Waals surface area (Å²) in [7, 11) is 0. The van der Waals surface area contributed by atoms with Crippen LogP contribution in [0, 0.1) is 10.1 Å². The molecule has 11 heteroatoms. The molecule has 0 bridgehead atoms. The number of rotatable bonds is 7. The summed E-state index contributed by atoms with van der Waals surface area (Å²) in [5.41, 5.74) is 2.46. The molecule has 0 fully saturated rings. The van der Waals surface area contributed by atoms with Crippen molar-refractivity contribution in [2.24, 2.45) is 0 Å². The summed E-state index contributed by atoms with van der Waals surface area (Å²) < 4.78 is 15.9. The van der Waals surface area contributed by atoms with E-state index in [0.29, 0.717) is 29.9 Å². The Morgan fingerprint density at radius 2 is 1.94 bits per heavy atom. The van der Waals surface area contributed by atoms with E-state index in [1.54, 1.807) is 18.5 Å². The van der Waals surface area contributed by atoms with E-state index in [1.807, 2.05) is 22.8 Å². The average Bonchev–Trinajstić information content (AvgIpc) is 3.43. The van der Waals surface area contributed by atoms with Gasteiger partial charge in [-0.05, 0) is 42.1 Å². The molecule has 3 heterocycles. The highest BCUT2D eigenvalue weighted by atomic mass is 32.2. The molecule has 1 N–H and O–H groups in total. The monoisotopic (exact) mass is 436 g/mol. The van der Waals surface area contributed by atoms with Crippen LogP contribution in [-0.2, 0) is 13.0 Å². The van der Waals surface area contributed by atoms with E-state index in [4.69, 9.17) is 9.47 Å². The van der Waals surface area contributed by atoms with Gasteiger partial charge in [-0.15, -0.1) is 0 Å². The van der Waals surface area contributed by atoms with Crippen molar-refractivity contribution in [1.82, 2.24) is 19.5 Å². The Labute approximate surface area is 180 Å². The third-order valence-corrected chi connectivity index (χ3v) is 5.58. The van der Waals surface area contributed by atoms with Gasteiger partial charge in [-0.1, -0.05) is 12.1 Å². The SMILES string of the molecule is O=[N+]([O-])c1ccc(CCn2cnc3c(NSc4ccc5c(c4)OCO5)ncnc32)cc1. The lowest BCUT2D eigenvalue weighted by Gasteiger charge is -2.07. The highest BCUT2D eigenvalue weighted by Gasteiger charge is 2.15. The minimum atomic E-state index is -0.403. The number of non-ortho nitro benzene ring substituents is 1. The molecule has 10 nitrogen and oxygen atoms in total. The van der Waals surface area contributed by atoms with Crippen molar-refractivity contribution in [2.75, 3.05) is 11.5 Å². The third-order valence-electron chi connectivity index (χ3n) is 4.80. The van der Waals surface area contributed by atoms with Crippen LogP contribution in [0.4, 0.5) is 11.5 Å². The summed E-state index contributed by atoms with van der Waals surface area (Å²) in [5, 5.41) is 10.8. The molecule has 0 saturated heterocycles. The Bertz CT molecular complexity index is 1260. The standard InChI is InChI=1S/C20H16N6O4S/c27-26(28)14-3-1-13(2-4-14)7-8-25-11-23-18-19(21-10-22-20(18)25)24-31-15-5-6-16-17(9-15)30-12-29-16/h1-6,9-11H,7-8,12H2,(H,21,22,24). The summed E-state index contributed by atoms with van der Waals surface area (Å²) in [6.45, 7) is 0.876. The first-order valence-electron chi connectivity index (χ1n) is 9.39. The second kappa shape index (κ2) is 8.11. The highest BCUT2D eigenvalue weighted by molar-refractivity contribution is 8.00. The maximum absolute atomic E-state index is 10.8. The molecular weight excluding hydrogens is 420 g/mol. The van der Waals surface area contributed by atoms with Crippen molar-refractivity contribution < 1.29 is 14.4 Å². The van der Waals surface area contributed by atoms with Crippen LogP contribution < -0.4 is 14.2 Å². The predicted octanol–water partition coefficient (Wildman–Crippen LogP) is 3.83. The number of benzene rings is 2. The number of ether oxygens (including phenoxy) is 2. The van der Waals surface area contributed by atoms with Crippen LogP contribution in [0.5, 0.6) is 11.5 Å². The molecule has 2 aromatic carbocycles. The normalized spacial score (nSPS) is 12.3. The minimum Gasteiger partial charge on any atom is -0.454 e. The zero-order chi connectivity index (χ0) is 21.2. The minimum absolute atomic E-state index is 0.0836. The van der Waals surface area contributed by atoms with E-state index >= 15 is 0 Å². The third kappa shape index (κ3) is 3.94. The van der Waals surface area contributed by atoms with Crippen molar-refractivity contribution in [3.05, 3.63) is 70.8 Å².